The summed E-state index contributed by atoms with van der Waals surface area (Å²) < 4.78 is 33.2. The van der Waals surface area contributed by atoms with Crippen molar-refractivity contribution in [1.82, 2.24) is 4.72 Å². The molecule has 0 heterocycles. The molecule has 0 unspecified atom stereocenters. The summed E-state index contributed by atoms with van der Waals surface area (Å²) in [6, 6.07) is 12.9. The fraction of sp³-hybridized carbons (Fsp3) is 0.368. The van der Waals surface area contributed by atoms with Crippen molar-refractivity contribution in [2.45, 2.75) is 50.7 Å². The molecule has 0 bridgehead atoms. The van der Waals surface area contributed by atoms with Crippen LogP contribution in [0.4, 0.5) is 0 Å². The first-order chi connectivity index (χ1) is 11.4. The molecule has 2 aromatic carbocycles. The first kappa shape index (κ1) is 17.0. The number of hydrogen-bond donors (Lipinski definition) is 1. The molecule has 2 aromatic rings. The smallest absolute Gasteiger partial charge is 0.240 e. The van der Waals surface area contributed by atoms with Crippen molar-refractivity contribution in [3.63, 3.8) is 0 Å². The van der Waals surface area contributed by atoms with Crippen LogP contribution in [0.15, 0.2) is 47.4 Å². The number of ether oxygens (including phenoxy) is 1. The molecule has 0 atom stereocenters. The minimum absolute atomic E-state index is 0.120. The molecule has 0 saturated heterocycles. The SMILES string of the molecule is CC(C)Oc1ccc(CNS(=O)(=O)c2ccc3c(c2)CCC3)cc1. The third-order valence-corrected chi connectivity index (χ3v) is 5.54. The van der Waals surface area contributed by atoms with E-state index >= 15 is 0 Å². The zero-order chi connectivity index (χ0) is 17.2. The molecule has 0 spiro atoms. The zero-order valence-corrected chi connectivity index (χ0v) is 14.9. The first-order valence-corrected chi connectivity index (χ1v) is 9.79. The van der Waals surface area contributed by atoms with Gasteiger partial charge >= 0.3 is 0 Å². The highest BCUT2D eigenvalue weighted by atomic mass is 32.2. The molecule has 0 radical (unpaired) electrons. The van der Waals surface area contributed by atoms with Crippen molar-refractivity contribution < 1.29 is 13.2 Å². The van der Waals surface area contributed by atoms with Gasteiger partial charge in [0.1, 0.15) is 5.75 Å². The van der Waals surface area contributed by atoms with Gasteiger partial charge in [0.15, 0.2) is 0 Å². The van der Waals surface area contributed by atoms with Crippen LogP contribution >= 0.6 is 0 Å². The predicted molar refractivity (Wildman–Crippen MR) is 94.7 cm³/mol. The molecule has 24 heavy (non-hydrogen) atoms. The average Bonchev–Trinajstić information content (AvgIpc) is 3.01. The number of sulfonamides is 1. The first-order valence-electron chi connectivity index (χ1n) is 8.31. The van der Waals surface area contributed by atoms with Crippen molar-refractivity contribution in [3.8, 4) is 5.75 Å². The van der Waals surface area contributed by atoms with Crippen molar-refractivity contribution in [2.24, 2.45) is 0 Å². The molecule has 0 amide bonds. The van der Waals surface area contributed by atoms with E-state index in [1.165, 1.54) is 5.56 Å². The highest BCUT2D eigenvalue weighted by molar-refractivity contribution is 7.89. The average molecular weight is 345 g/mol. The fourth-order valence-electron chi connectivity index (χ4n) is 2.94. The Balaban J connectivity index is 1.67. The van der Waals surface area contributed by atoms with Crippen molar-refractivity contribution in [2.75, 3.05) is 0 Å². The number of nitrogens with one attached hydrogen (secondary N) is 1. The van der Waals surface area contributed by atoms with E-state index in [1.54, 1.807) is 6.07 Å². The van der Waals surface area contributed by atoms with E-state index in [2.05, 4.69) is 4.72 Å². The maximum absolute atomic E-state index is 12.5. The Kier molecular flexibility index (Phi) is 4.92. The van der Waals surface area contributed by atoms with Crippen LogP contribution in [0.5, 0.6) is 5.75 Å². The lowest BCUT2D eigenvalue weighted by Crippen LogP contribution is -2.23. The fourth-order valence-corrected chi connectivity index (χ4v) is 4.00. The molecule has 1 aliphatic rings. The maximum atomic E-state index is 12.5. The van der Waals surface area contributed by atoms with Crippen LogP contribution in [0.2, 0.25) is 0 Å². The summed E-state index contributed by atoms with van der Waals surface area (Å²) in [6.45, 7) is 4.21. The Morgan fingerprint density at radius 1 is 1.04 bits per heavy atom. The monoisotopic (exact) mass is 345 g/mol. The van der Waals surface area contributed by atoms with Crippen molar-refractivity contribution >= 4 is 10.0 Å². The van der Waals surface area contributed by atoms with Gasteiger partial charge in [0.2, 0.25) is 10.0 Å². The minimum Gasteiger partial charge on any atom is -0.491 e. The van der Waals surface area contributed by atoms with Gasteiger partial charge in [-0.25, -0.2) is 13.1 Å². The van der Waals surface area contributed by atoms with Crippen LogP contribution in [0, 0.1) is 0 Å². The summed E-state index contributed by atoms with van der Waals surface area (Å²) >= 11 is 0. The lowest BCUT2D eigenvalue weighted by atomic mass is 10.1. The number of rotatable bonds is 6. The van der Waals surface area contributed by atoms with Gasteiger partial charge < -0.3 is 4.74 Å². The van der Waals surface area contributed by atoms with Crippen LogP contribution in [0.3, 0.4) is 0 Å². The van der Waals surface area contributed by atoms with Crippen LogP contribution < -0.4 is 9.46 Å². The summed E-state index contributed by atoms with van der Waals surface area (Å²) in [5.41, 5.74) is 3.33. The lowest BCUT2D eigenvalue weighted by Gasteiger charge is -2.11. The third kappa shape index (κ3) is 3.97. The molecular formula is C19H23NO3S. The predicted octanol–water partition coefficient (Wildman–Crippen LogP) is 3.44. The molecule has 5 heteroatoms. The van der Waals surface area contributed by atoms with Crippen LogP contribution in [0.1, 0.15) is 37.0 Å². The van der Waals surface area contributed by atoms with E-state index in [0.29, 0.717) is 4.90 Å². The Morgan fingerprint density at radius 3 is 2.46 bits per heavy atom. The minimum atomic E-state index is -3.49. The molecule has 128 valence electrons. The summed E-state index contributed by atoms with van der Waals surface area (Å²) in [7, 11) is -3.49. The molecule has 4 nitrogen and oxygen atoms in total. The molecular weight excluding hydrogens is 322 g/mol. The van der Waals surface area contributed by atoms with Crippen molar-refractivity contribution in [1.29, 1.82) is 0 Å². The van der Waals surface area contributed by atoms with Crippen molar-refractivity contribution in [3.05, 3.63) is 59.2 Å². The Bertz CT molecular complexity index is 811. The number of hydrogen-bond acceptors (Lipinski definition) is 3. The summed E-state index contributed by atoms with van der Waals surface area (Å²) in [5.74, 6) is 0.787. The molecule has 0 aromatic heterocycles. The van der Waals surface area contributed by atoms with Crippen LogP contribution in [-0.2, 0) is 29.4 Å². The van der Waals surface area contributed by atoms with Crippen LogP contribution in [-0.4, -0.2) is 14.5 Å². The summed E-state index contributed by atoms with van der Waals surface area (Å²) in [5, 5.41) is 0. The largest absolute Gasteiger partial charge is 0.491 e. The lowest BCUT2D eigenvalue weighted by molar-refractivity contribution is 0.242. The van der Waals surface area contributed by atoms with Gasteiger partial charge in [0, 0.05) is 6.54 Å². The molecule has 0 aliphatic heterocycles. The van der Waals surface area contributed by atoms with E-state index in [4.69, 9.17) is 4.74 Å². The van der Waals surface area contributed by atoms with Gasteiger partial charge in [-0.05, 0) is 74.1 Å². The van der Waals surface area contributed by atoms with Crippen LogP contribution in [0.25, 0.3) is 0 Å². The Hall–Kier alpha value is -1.85. The molecule has 1 N–H and O–H groups in total. The topological polar surface area (TPSA) is 55.4 Å². The van der Waals surface area contributed by atoms with E-state index in [9.17, 15) is 8.42 Å². The standard InChI is InChI=1S/C19H23NO3S/c1-14(2)23-18-9-6-15(7-10-18)13-20-24(21,22)19-11-8-16-4-3-5-17(16)12-19/h6-12,14,20H,3-5,13H2,1-2H3. The number of aryl methyl sites for hydroxylation is 2. The molecule has 1 aliphatic carbocycles. The molecule has 0 fully saturated rings. The number of benzene rings is 2. The zero-order valence-electron chi connectivity index (χ0n) is 14.1. The third-order valence-electron chi connectivity index (χ3n) is 4.14. The van der Waals surface area contributed by atoms with E-state index < -0.39 is 10.0 Å². The van der Waals surface area contributed by atoms with E-state index in [-0.39, 0.29) is 12.6 Å². The van der Waals surface area contributed by atoms with Gasteiger partial charge in [-0.15, -0.1) is 0 Å². The number of fused-ring (bicyclic) bond motifs is 1. The van der Waals surface area contributed by atoms with E-state index in [1.807, 2.05) is 50.2 Å². The van der Waals surface area contributed by atoms with Gasteiger partial charge in [-0.2, -0.15) is 0 Å². The second-order valence-electron chi connectivity index (χ2n) is 6.42. The van der Waals surface area contributed by atoms with Gasteiger partial charge in [-0.3, -0.25) is 0 Å². The second kappa shape index (κ2) is 6.95. The Morgan fingerprint density at radius 2 is 1.75 bits per heavy atom. The quantitative estimate of drug-likeness (QED) is 0.872. The second-order valence-corrected chi connectivity index (χ2v) is 8.19. The molecule has 0 saturated carbocycles. The maximum Gasteiger partial charge on any atom is 0.240 e. The summed E-state index contributed by atoms with van der Waals surface area (Å²) in [6.07, 6.45) is 3.25. The molecule has 3 rings (SSSR count). The summed E-state index contributed by atoms with van der Waals surface area (Å²) in [4.78, 5) is 0.350. The highest BCUT2D eigenvalue weighted by Gasteiger charge is 2.18. The van der Waals surface area contributed by atoms with Gasteiger partial charge in [0.05, 0.1) is 11.0 Å². The van der Waals surface area contributed by atoms with Gasteiger partial charge in [0.25, 0.3) is 0 Å². The Labute approximate surface area is 143 Å². The highest BCUT2D eigenvalue weighted by Crippen LogP contribution is 2.24. The van der Waals surface area contributed by atoms with Gasteiger partial charge in [-0.1, -0.05) is 18.2 Å². The van der Waals surface area contributed by atoms with E-state index in [0.717, 1.165) is 36.1 Å². The normalized spacial score (nSPS) is 14.0.